The summed E-state index contributed by atoms with van der Waals surface area (Å²) in [4.78, 5) is 17.1. The van der Waals surface area contributed by atoms with Gasteiger partial charge in [-0.2, -0.15) is 13.2 Å². The van der Waals surface area contributed by atoms with Gasteiger partial charge in [-0.25, -0.2) is 5.06 Å². The van der Waals surface area contributed by atoms with Crippen LogP contribution in [0.4, 0.5) is 13.2 Å². The van der Waals surface area contributed by atoms with Crippen molar-refractivity contribution in [3.05, 3.63) is 11.8 Å². The first-order valence-corrected chi connectivity index (χ1v) is 4.89. The molecular weight excluding hydrogens is 237 g/mol. The van der Waals surface area contributed by atoms with Crippen molar-refractivity contribution in [3.63, 3.8) is 0 Å². The number of halogens is 3. The van der Waals surface area contributed by atoms with Crippen molar-refractivity contribution >= 4 is 5.91 Å². The topological polar surface area (TPSA) is 32.8 Å². The quantitative estimate of drug-likeness (QED) is 0.715. The number of alkyl halides is 3. The summed E-state index contributed by atoms with van der Waals surface area (Å²) in [5, 5.41) is 0.894. The van der Waals surface area contributed by atoms with Crippen LogP contribution in [0, 0.1) is 5.92 Å². The molecule has 0 rings (SSSR count). The molecule has 0 aliphatic carbocycles. The Hall–Kier alpha value is -1.24. The lowest BCUT2D eigenvalue weighted by atomic mass is 10.1. The van der Waals surface area contributed by atoms with Crippen LogP contribution < -0.4 is 0 Å². The molecule has 4 nitrogen and oxygen atoms in total. The van der Waals surface area contributed by atoms with Crippen LogP contribution in [0.1, 0.15) is 6.92 Å². The second-order valence-electron chi connectivity index (χ2n) is 3.75. The summed E-state index contributed by atoms with van der Waals surface area (Å²) in [5.41, 5.74) is -0.858. The fourth-order valence-corrected chi connectivity index (χ4v) is 1.18. The number of amides is 1. The molecule has 0 aromatic rings. The maximum absolute atomic E-state index is 12.6. The number of rotatable bonds is 4. The molecule has 1 amide bonds. The van der Waals surface area contributed by atoms with Gasteiger partial charge in [0.05, 0.1) is 13.0 Å². The Morgan fingerprint density at radius 3 is 2.06 bits per heavy atom. The van der Waals surface area contributed by atoms with E-state index in [2.05, 4.69) is 4.84 Å². The number of hydrogen-bond acceptors (Lipinski definition) is 3. The summed E-state index contributed by atoms with van der Waals surface area (Å²) < 4.78 is 37.8. The summed E-state index contributed by atoms with van der Waals surface area (Å²) in [6, 6.07) is 0. The summed E-state index contributed by atoms with van der Waals surface area (Å²) >= 11 is 0. The zero-order chi connectivity index (χ0) is 13.8. The minimum Gasteiger partial charge on any atom is -0.374 e. The minimum absolute atomic E-state index is 0.545. The first-order chi connectivity index (χ1) is 7.61. The van der Waals surface area contributed by atoms with Crippen LogP contribution >= 0.6 is 0 Å². The highest BCUT2D eigenvalue weighted by molar-refractivity contribution is 5.79. The second-order valence-corrected chi connectivity index (χ2v) is 3.75. The molecule has 0 spiro atoms. The van der Waals surface area contributed by atoms with Crippen molar-refractivity contribution in [1.29, 1.82) is 0 Å². The Labute approximate surface area is 98.6 Å². The standard InChI is InChI=1S/C10H17F3N2O2/c1-7(9(16)15(4)17-5)6-8(14(2)3)10(11,12)13/h6-7H,1-5H3/b8-6-. The van der Waals surface area contributed by atoms with E-state index < -0.39 is 23.7 Å². The van der Waals surface area contributed by atoms with Gasteiger partial charge in [0, 0.05) is 21.1 Å². The van der Waals surface area contributed by atoms with Crippen LogP contribution in [-0.4, -0.2) is 50.3 Å². The Morgan fingerprint density at radius 1 is 1.29 bits per heavy atom. The molecule has 0 aliphatic rings. The average molecular weight is 254 g/mol. The molecule has 7 heteroatoms. The number of carbonyl (C=O) groups excluding carboxylic acids is 1. The smallest absolute Gasteiger partial charge is 0.374 e. The van der Waals surface area contributed by atoms with Gasteiger partial charge in [-0.3, -0.25) is 9.63 Å². The predicted octanol–water partition coefficient (Wildman–Crippen LogP) is 1.65. The molecule has 100 valence electrons. The van der Waals surface area contributed by atoms with Crippen LogP contribution in [0.2, 0.25) is 0 Å². The Kier molecular flexibility index (Phi) is 5.47. The van der Waals surface area contributed by atoms with Crippen LogP contribution in [0.15, 0.2) is 11.8 Å². The number of allylic oxidation sites excluding steroid dienone is 1. The Balaban J connectivity index is 5.02. The fourth-order valence-electron chi connectivity index (χ4n) is 1.18. The van der Waals surface area contributed by atoms with Gasteiger partial charge in [-0.05, 0) is 13.0 Å². The number of nitrogens with zero attached hydrogens (tertiary/aromatic N) is 2. The van der Waals surface area contributed by atoms with E-state index in [9.17, 15) is 18.0 Å². The van der Waals surface area contributed by atoms with Gasteiger partial charge in [0.2, 0.25) is 0 Å². The van der Waals surface area contributed by atoms with Crippen molar-refractivity contribution in [2.75, 3.05) is 28.3 Å². The minimum atomic E-state index is -4.48. The predicted molar refractivity (Wildman–Crippen MR) is 56.8 cm³/mol. The largest absolute Gasteiger partial charge is 0.430 e. The van der Waals surface area contributed by atoms with Crippen molar-refractivity contribution in [2.45, 2.75) is 13.1 Å². The molecular formula is C10H17F3N2O2. The first kappa shape index (κ1) is 15.8. The van der Waals surface area contributed by atoms with Crippen LogP contribution in [-0.2, 0) is 9.63 Å². The SMILES string of the molecule is CON(C)C(=O)C(C)/C=C(\N(C)C)C(F)(F)F. The molecule has 0 radical (unpaired) electrons. The third-order valence-electron chi connectivity index (χ3n) is 2.15. The van der Waals surface area contributed by atoms with Crippen LogP contribution in [0.25, 0.3) is 0 Å². The normalized spacial score (nSPS) is 14.5. The summed E-state index contributed by atoms with van der Waals surface area (Å²) in [5.74, 6) is -1.46. The molecule has 0 bridgehead atoms. The molecule has 0 aromatic heterocycles. The Morgan fingerprint density at radius 2 is 1.76 bits per heavy atom. The van der Waals surface area contributed by atoms with E-state index in [1.165, 1.54) is 35.2 Å². The summed E-state index contributed by atoms with van der Waals surface area (Å²) in [7, 11) is 5.16. The highest BCUT2D eigenvalue weighted by Gasteiger charge is 2.36. The molecule has 0 N–H and O–H groups in total. The zero-order valence-corrected chi connectivity index (χ0v) is 10.5. The molecule has 0 heterocycles. The van der Waals surface area contributed by atoms with Gasteiger partial charge in [0.25, 0.3) is 5.91 Å². The number of hydrogen-bond donors (Lipinski definition) is 0. The molecule has 17 heavy (non-hydrogen) atoms. The average Bonchev–Trinajstić information content (AvgIpc) is 2.21. The van der Waals surface area contributed by atoms with Gasteiger partial charge in [0.15, 0.2) is 0 Å². The van der Waals surface area contributed by atoms with Crippen molar-refractivity contribution in [2.24, 2.45) is 5.92 Å². The van der Waals surface area contributed by atoms with Gasteiger partial charge in [-0.15, -0.1) is 0 Å². The van der Waals surface area contributed by atoms with Gasteiger partial charge >= 0.3 is 6.18 Å². The van der Waals surface area contributed by atoms with Gasteiger partial charge < -0.3 is 4.90 Å². The molecule has 0 aromatic carbocycles. The van der Waals surface area contributed by atoms with E-state index in [0.29, 0.717) is 0 Å². The van der Waals surface area contributed by atoms with E-state index in [4.69, 9.17) is 0 Å². The molecule has 1 unspecified atom stereocenters. The summed E-state index contributed by atoms with van der Waals surface area (Å²) in [6.45, 7) is 1.38. The van der Waals surface area contributed by atoms with E-state index >= 15 is 0 Å². The molecule has 0 fully saturated rings. The maximum Gasteiger partial charge on any atom is 0.430 e. The molecule has 0 saturated heterocycles. The maximum atomic E-state index is 12.6. The van der Waals surface area contributed by atoms with E-state index in [-0.39, 0.29) is 0 Å². The lowest BCUT2D eigenvalue weighted by Crippen LogP contribution is -2.32. The van der Waals surface area contributed by atoms with Gasteiger partial charge in [-0.1, -0.05) is 0 Å². The van der Waals surface area contributed by atoms with Crippen molar-refractivity contribution in [3.8, 4) is 0 Å². The second kappa shape index (κ2) is 5.90. The Bertz CT molecular complexity index is 300. The van der Waals surface area contributed by atoms with Crippen molar-refractivity contribution < 1.29 is 22.8 Å². The van der Waals surface area contributed by atoms with E-state index in [1.54, 1.807) is 0 Å². The molecule has 0 aliphatic heterocycles. The van der Waals surface area contributed by atoms with E-state index in [1.807, 2.05) is 0 Å². The zero-order valence-electron chi connectivity index (χ0n) is 10.5. The number of hydroxylamine groups is 2. The van der Waals surface area contributed by atoms with E-state index in [0.717, 1.165) is 16.0 Å². The third kappa shape index (κ3) is 4.64. The van der Waals surface area contributed by atoms with Crippen LogP contribution in [0.5, 0.6) is 0 Å². The van der Waals surface area contributed by atoms with Gasteiger partial charge in [0.1, 0.15) is 5.70 Å². The third-order valence-corrected chi connectivity index (χ3v) is 2.15. The monoisotopic (exact) mass is 254 g/mol. The lowest BCUT2D eigenvalue weighted by molar-refractivity contribution is -0.171. The van der Waals surface area contributed by atoms with Crippen LogP contribution in [0.3, 0.4) is 0 Å². The molecule has 0 saturated carbocycles. The van der Waals surface area contributed by atoms with Crippen molar-refractivity contribution in [1.82, 2.24) is 9.96 Å². The fraction of sp³-hybridized carbons (Fsp3) is 0.700. The lowest BCUT2D eigenvalue weighted by Gasteiger charge is -2.22. The molecule has 1 atom stereocenters. The summed E-state index contributed by atoms with van der Waals surface area (Å²) in [6.07, 6.45) is -3.61. The number of carbonyl (C=O) groups is 1. The highest BCUT2D eigenvalue weighted by Crippen LogP contribution is 2.28. The highest BCUT2D eigenvalue weighted by atomic mass is 19.4. The first-order valence-electron chi connectivity index (χ1n) is 4.89.